The molecule has 8 heteroatoms. The quantitative estimate of drug-likeness (QED) is 0.692. The number of nitrogens with zero attached hydrogens (tertiary/aromatic N) is 4. The zero-order valence-electron chi connectivity index (χ0n) is 9.01. The fourth-order valence-corrected chi connectivity index (χ4v) is 1.94. The number of nitrogen functional groups attached to an aromatic ring is 1. The third-order valence-electron chi connectivity index (χ3n) is 2.40. The van der Waals surface area contributed by atoms with Gasteiger partial charge in [0.05, 0.1) is 0 Å². The van der Waals surface area contributed by atoms with Gasteiger partial charge in [0.15, 0.2) is 0 Å². The fourth-order valence-electron chi connectivity index (χ4n) is 1.44. The van der Waals surface area contributed by atoms with Gasteiger partial charge in [-0.25, -0.2) is 5.01 Å². The van der Waals surface area contributed by atoms with E-state index in [0.29, 0.717) is 10.1 Å². The van der Waals surface area contributed by atoms with Crippen LogP contribution in [0, 0.1) is 0 Å². The van der Waals surface area contributed by atoms with E-state index in [2.05, 4.69) is 27.6 Å². The highest BCUT2D eigenvalue weighted by atomic mass is 32.1. The van der Waals surface area contributed by atoms with Crippen molar-refractivity contribution in [2.24, 2.45) is 0 Å². The number of anilines is 1. The largest absolute Gasteiger partial charge is 0.374 e. The molecule has 0 aliphatic carbocycles. The Morgan fingerprint density at radius 2 is 2.06 bits per heavy atom. The summed E-state index contributed by atoms with van der Waals surface area (Å²) >= 11 is 1.09. The highest BCUT2D eigenvalue weighted by molar-refractivity contribution is 7.16. The number of nitrogens with two attached hydrogens (primary N) is 1. The molecule has 88 valence electrons. The van der Waals surface area contributed by atoms with E-state index in [9.17, 15) is 4.79 Å². The van der Waals surface area contributed by atoms with Crippen LogP contribution in [0.2, 0.25) is 0 Å². The predicted octanol–water partition coefficient (Wildman–Crippen LogP) is -0.987. The van der Waals surface area contributed by atoms with Crippen LogP contribution in [0.5, 0.6) is 0 Å². The standard InChI is InChI=1S/C8H14N6OS/c1-13-2-4-14(5-3-13)12-6(15)7-10-11-8(9)16-7/h2-5H2,1H3,(H2,9,11)(H,12,15). The number of hydrogen-bond acceptors (Lipinski definition) is 7. The molecule has 1 amide bonds. The van der Waals surface area contributed by atoms with E-state index in [1.165, 1.54) is 0 Å². The molecule has 3 N–H and O–H groups in total. The van der Waals surface area contributed by atoms with E-state index in [0.717, 1.165) is 37.5 Å². The zero-order chi connectivity index (χ0) is 11.5. The first kappa shape index (κ1) is 11.2. The molecule has 2 heterocycles. The molecule has 2 rings (SSSR count). The monoisotopic (exact) mass is 242 g/mol. The highest BCUT2D eigenvalue weighted by Crippen LogP contribution is 2.10. The Morgan fingerprint density at radius 1 is 1.38 bits per heavy atom. The molecule has 1 aromatic heterocycles. The van der Waals surface area contributed by atoms with Gasteiger partial charge in [0.2, 0.25) is 10.1 Å². The molecule has 1 saturated heterocycles. The van der Waals surface area contributed by atoms with E-state index in [4.69, 9.17) is 5.73 Å². The van der Waals surface area contributed by atoms with Crippen molar-refractivity contribution in [1.29, 1.82) is 0 Å². The van der Waals surface area contributed by atoms with Crippen molar-refractivity contribution >= 4 is 22.4 Å². The lowest BCUT2D eigenvalue weighted by atomic mass is 10.4. The topological polar surface area (TPSA) is 87.4 Å². The van der Waals surface area contributed by atoms with Crippen molar-refractivity contribution in [3.8, 4) is 0 Å². The number of rotatable bonds is 2. The number of aromatic nitrogens is 2. The number of piperazine rings is 1. The molecular weight excluding hydrogens is 228 g/mol. The van der Waals surface area contributed by atoms with Crippen LogP contribution in [0.4, 0.5) is 5.13 Å². The Bertz CT molecular complexity index is 372. The van der Waals surface area contributed by atoms with E-state index in [-0.39, 0.29) is 5.91 Å². The summed E-state index contributed by atoms with van der Waals surface area (Å²) in [6.45, 7) is 3.52. The second-order valence-corrected chi connectivity index (χ2v) is 4.69. The van der Waals surface area contributed by atoms with Gasteiger partial charge in [0.25, 0.3) is 5.91 Å². The Kier molecular flexibility index (Phi) is 3.32. The van der Waals surface area contributed by atoms with E-state index >= 15 is 0 Å². The van der Waals surface area contributed by atoms with Crippen molar-refractivity contribution in [1.82, 2.24) is 25.5 Å². The normalized spacial score (nSPS) is 18.6. The molecule has 0 spiro atoms. The van der Waals surface area contributed by atoms with Crippen molar-refractivity contribution in [3.05, 3.63) is 5.01 Å². The first-order chi connectivity index (χ1) is 7.65. The maximum absolute atomic E-state index is 11.7. The molecule has 0 radical (unpaired) electrons. The molecule has 16 heavy (non-hydrogen) atoms. The number of hydrazine groups is 1. The minimum atomic E-state index is -0.237. The van der Waals surface area contributed by atoms with Gasteiger partial charge in [-0.2, -0.15) is 0 Å². The number of nitrogens with one attached hydrogen (secondary N) is 1. The summed E-state index contributed by atoms with van der Waals surface area (Å²) in [5.41, 5.74) is 8.20. The van der Waals surface area contributed by atoms with Crippen molar-refractivity contribution in [2.45, 2.75) is 0 Å². The van der Waals surface area contributed by atoms with Gasteiger partial charge >= 0.3 is 0 Å². The summed E-state index contributed by atoms with van der Waals surface area (Å²) in [6, 6.07) is 0. The minimum Gasteiger partial charge on any atom is -0.374 e. The minimum absolute atomic E-state index is 0.237. The third kappa shape index (κ3) is 2.65. The lowest BCUT2D eigenvalue weighted by molar-refractivity contribution is 0.0661. The van der Waals surface area contributed by atoms with Gasteiger partial charge in [-0.15, -0.1) is 10.2 Å². The molecule has 1 aliphatic rings. The lowest BCUT2D eigenvalue weighted by Crippen LogP contribution is -2.52. The summed E-state index contributed by atoms with van der Waals surface area (Å²) in [4.78, 5) is 13.9. The fraction of sp³-hybridized carbons (Fsp3) is 0.625. The molecular formula is C8H14N6OS. The predicted molar refractivity (Wildman–Crippen MR) is 60.9 cm³/mol. The Morgan fingerprint density at radius 3 is 2.62 bits per heavy atom. The molecule has 0 bridgehead atoms. The van der Waals surface area contributed by atoms with Crippen LogP contribution < -0.4 is 11.2 Å². The van der Waals surface area contributed by atoms with Gasteiger partial charge in [0.1, 0.15) is 0 Å². The van der Waals surface area contributed by atoms with Crippen LogP contribution in [0.25, 0.3) is 0 Å². The van der Waals surface area contributed by atoms with Gasteiger partial charge in [-0.1, -0.05) is 11.3 Å². The van der Waals surface area contributed by atoms with E-state index < -0.39 is 0 Å². The number of amides is 1. The molecule has 0 atom stereocenters. The molecule has 1 aromatic rings. The van der Waals surface area contributed by atoms with Gasteiger partial charge < -0.3 is 10.6 Å². The molecule has 1 aliphatic heterocycles. The average molecular weight is 242 g/mol. The van der Waals surface area contributed by atoms with Crippen LogP contribution in [0.1, 0.15) is 9.80 Å². The van der Waals surface area contributed by atoms with Crippen molar-refractivity contribution in [3.63, 3.8) is 0 Å². The number of likely N-dealkylation sites (N-methyl/N-ethyl adjacent to an activating group) is 1. The maximum Gasteiger partial charge on any atom is 0.296 e. The van der Waals surface area contributed by atoms with E-state index in [1.54, 1.807) is 0 Å². The van der Waals surface area contributed by atoms with E-state index in [1.807, 2.05) is 5.01 Å². The summed E-state index contributed by atoms with van der Waals surface area (Å²) in [5.74, 6) is -0.237. The van der Waals surface area contributed by atoms with Crippen LogP contribution in [-0.4, -0.2) is 59.2 Å². The summed E-state index contributed by atoms with van der Waals surface area (Å²) in [7, 11) is 2.06. The van der Waals surface area contributed by atoms with Gasteiger partial charge in [-0.3, -0.25) is 10.2 Å². The Balaban J connectivity index is 1.88. The summed E-state index contributed by atoms with van der Waals surface area (Å²) in [6.07, 6.45) is 0. The third-order valence-corrected chi connectivity index (χ3v) is 3.15. The highest BCUT2D eigenvalue weighted by Gasteiger charge is 2.18. The van der Waals surface area contributed by atoms with Crippen LogP contribution in [-0.2, 0) is 0 Å². The SMILES string of the molecule is CN1CCN(NC(=O)c2nnc(N)s2)CC1. The molecule has 1 fully saturated rings. The second kappa shape index (κ2) is 4.73. The van der Waals surface area contributed by atoms with Crippen LogP contribution >= 0.6 is 11.3 Å². The number of carbonyl (C=O) groups is 1. The zero-order valence-corrected chi connectivity index (χ0v) is 9.83. The van der Waals surface area contributed by atoms with Crippen molar-refractivity contribution < 1.29 is 4.79 Å². The number of hydrogen-bond donors (Lipinski definition) is 2. The molecule has 0 saturated carbocycles. The summed E-state index contributed by atoms with van der Waals surface area (Å²) in [5, 5.41) is 9.79. The van der Waals surface area contributed by atoms with Crippen LogP contribution in [0.3, 0.4) is 0 Å². The van der Waals surface area contributed by atoms with Gasteiger partial charge in [0, 0.05) is 26.2 Å². The first-order valence-corrected chi connectivity index (χ1v) is 5.80. The van der Waals surface area contributed by atoms with Gasteiger partial charge in [-0.05, 0) is 7.05 Å². The summed E-state index contributed by atoms with van der Waals surface area (Å²) < 4.78 is 0. The average Bonchev–Trinajstić information content (AvgIpc) is 2.68. The second-order valence-electron chi connectivity index (χ2n) is 3.68. The Labute approximate surface area is 97.2 Å². The van der Waals surface area contributed by atoms with Crippen LogP contribution in [0.15, 0.2) is 0 Å². The van der Waals surface area contributed by atoms with Crippen molar-refractivity contribution in [2.75, 3.05) is 39.0 Å². The first-order valence-electron chi connectivity index (χ1n) is 4.98. The molecule has 7 nitrogen and oxygen atoms in total. The Hall–Kier alpha value is -1.25. The maximum atomic E-state index is 11.7. The smallest absolute Gasteiger partial charge is 0.296 e. The lowest BCUT2D eigenvalue weighted by Gasteiger charge is -2.31. The molecule has 0 aromatic carbocycles. The molecule has 0 unspecified atom stereocenters. The number of carbonyl (C=O) groups excluding carboxylic acids is 1.